The molecule has 1 aliphatic heterocycles. The Morgan fingerprint density at radius 1 is 0.917 bits per heavy atom. The van der Waals surface area contributed by atoms with E-state index in [4.69, 9.17) is 0 Å². The van der Waals surface area contributed by atoms with Crippen LogP contribution in [0.4, 0.5) is 11.4 Å². The van der Waals surface area contributed by atoms with Gasteiger partial charge in [0.2, 0.25) is 5.91 Å². The molecule has 0 saturated carbocycles. The first-order valence-electron chi connectivity index (χ1n) is 8.16. The third-order valence-corrected chi connectivity index (χ3v) is 4.90. The fraction of sp³-hybridized carbons (Fsp3) is 0.300. The van der Waals surface area contributed by atoms with E-state index in [2.05, 4.69) is 5.32 Å². The van der Waals surface area contributed by atoms with Crippen LogP contribution in [0, 0.1) is 27.7 Å². The van der Waals surface area contributed by atoms with Crippen LogP contribution in [0.5, 0.6) is 0 Å². The number of carbonyl (C=O) groups excluding carboxylic acids is 2. The van der Waals surface area contributed by atoms with Gasteiger partial charge in [0.25, 0.3) is 5.91 Å². The number of imide groups is 1. The molecule has 1 atom stereocenters. The van der Waals surface area contributed by atoms with Crippen molar-refractivity contribution in [1.29, 1.82) is 0 Å². The van der Waals surface area contributed by atoms with Crippen molar-refractivity contribution in [3.63, 3.8) is 0 Å². The number of aryl methyl sites for hydroxylation is 2. The Hall–Kier alpha value is -2.62. The average Bonchev–Trinajstić information content (AvgIpc) is 2.81. The van der Waals surface area contributed by atoms with E-state index < -0.39 is 6.04 Å². The van der Waals surface area contributed by atoms with Crippen LogP contribution in [0.25, 0.3) is 0 Å². The molecule has 1 aliphatic rings. The summed E-state index contributed by atoms with van der Waals surface area (Å²) in [5.41, 5.74) is 5.89. The Morgan fingerprint density at radius 2 is 1.54 bits per heavy atom. The van der Waals surface area contributed by atoms with Gasteiger partial charge in [-0.1, -0.05) is 24.3 Å². The van der Waals surface area contributed by atoms with Crippen molar-refractivity contribution in [2.45, 2.75) is 40.2 Å². The van der Waals surface area contributed by atoms with Gasteiger partial charge in [-0.15, -0.1) is 0 Å². The second-order valence-electron chi connectivity index (χ2n) is 6.43. The molecule has 1 heterocycles. The maximum atomic E-state index is 12.8. The molecule has 1 saturated heterocycles. The van der Waals surface area contributed by atoms with Crippen molar-refractivity contribution in [2.24, 2.45) is 0 Å². The summed E-state index contributed by atoms with van der Waals surface area (Å²) in [5.74, 6) is -0.342. The Kier molecular flexibility index (Phi) is 4.14. The highest BCUT2D eigenvalue weighted by Crippen LogP contribution is 2.30. The normalized spacial score (nSPS) is 17.5. The first-order valence-corrected chi connectivity index (χ1v) is 8.16. The van der Waals surface area contributed by atoms with Gasteiger partial charge < -0.3 is 5.32 Å². The molecule has 4 heteroatoms. The number of hydrogen-bond donors (Lipinski definition) is 1. The fourth-order valence-electron chi connectivity index (χ4n) is 3.07. The van der Waals surface area contributed by atoms with E-state index >= 15 is 0 Å². The molecule has 0 unspecified atom stereocenters. The predicted molar refractivity (Wildman–Crippen MR) is 96.4 cm³/mol. The molecule has 3 rings (SSSR count). The molecular weight excluding hydrogens is 300 g/mol. The van der Waals surface area contributed by atoms with Crippen molar-refractivity contribution in [1.82, 2.24) is 0 Å². The molecule has 1 N–H and O–H groups in total. The molecule has 4 nitrogen and oxygen atoms in total. The smallest absolute Gasteiger partial charge is 0.256 e. The van der Waals surface area contributed by atoms with Gasteiger partial charge in [-0.2, -0.15) is 0 Å². The molecule has 0 radical (unpaired) electrons. The Labute approximate surface area is 142 Å². The summed E-state index contributed by atoms with van der Waals surface area (Å²) in [6, 6.07) is 11.1. The molecule has 0 aromatic heterocycles. The summed E-state index contributed by atoms with van der Waals surface area (Å²) >= 11 is 0. The van der Waals surface area contributed by atoms with Gasteiger partial charge in [-0.3, -0.25) is 9.59 Å². The quantitative estimate of drug-likeness (QED) is 0.877. The predicted octanol–water partition coefficient (Wildman–Crippen LogP) is 3.66. The average molecular weight is 322 g/mol. The molecule has 0 aliphatic carbocycles. The van der Waals surface area contributed by atoms with Crippen LogP contribution < -0.4 is 10.2 Å². The van der Waals surface area contributed by atoms with Crippen molar-refractivity contribution < 1.29 is 9.59 Å². The lowest BCUT2D eigenvalue weighted by Crippen LogP contribution is -2.35. The van der Waals surface area contributed by atoms with Crippen molar-refractivity contribution in [3.8, 4) is 0 Å². The Balaban J connectivity index is 1.89. The largest absolute Gasteiger partial charge is 0.373 e. The molecule has 1 fully saturated rings. The van der Waals surface area contributed by atoms with Crippen molar-refractivity contribution in [2.75, 3.05) is 10.2 Å². The van der Waals surface area contributed by atoms with Gasteiger partial charge in [0.15, 0.2) is 0 Å². The van der Waals surface area contributed by atoms with Crippen LogP contribution in [0.1, 0.15) is 28.7 Å². The summed E-state index contributed by atoms with van der Waals surface area (Å²) in [4.78, 5) is 26.6. The zero-order valence-corrected chi connectivity index (χ0v) is 14.5. The minimum atomic E-state index is -0.516. The first-order chi connectivity index (χ1) is 11.4. The summed E-state index contributed by atoms with van der Waals surface area (Å²) in [6.07, 6.45) is 0.180. The number of carbonyl (C=O) groups is 2. The highest BCUT2D eigenvalue weighted by Gasteiger charge is 2.40. The monoisotopic (exact) mass is 322 g/mol. The van der Waals surface area contributed by atoms with Crippen LogP contribution >= 0.6 is 0 Å². The van der Waals surface area contributed by atoms with Gasteiger partial charge in [-0.05, 0) is 62.1 Å². The molecular formula is C20H22N2O2. The molecule has 0 bridgehead atoms. The highest BCUT2D eigenvalue weighted by atomic mass is 16.2. The summed E-state index contributed by atoms with van der Waals surface area (Å²) in [5, 5.41) is 3.25. The van der Waals surface area contributed by atoms with E-state index in [0.717, 1.165) is 27.9 Å². The molecule has 2 aromatic rings. The summed E-state index contributed by atoms with van der Waals surface area (Å²) in [6.45, 7) is 7.97. The third kappa shape index (κ3) is 2.68. The molecule has 2 amide bonds. The second kappa shape index (κ2) is 6.11. The number of amides is 2. The number of benzene rings is 2. The maximum Gasteiger partial charge on any atom is 0.256 e. The van der Waals surface area contributed by atoms with Crippen molar-refractivity contribution in [3.05, 3.63) is 58.7 Å². The van der Waals surface area contributed by atoms with Crippen LogP contribution in [0.2, 0.25) is 0 Å². The van der Waals surface area contributed by atoms with Crippen molar-refractivity contribution >= 4 is 23.2 Å². The lowest BCUT2D eigenvalue weighted by molar-refractivity contribution is -0.121. The van der Waals surface area contributed by atoms with E-state index in [9.17, 15) is 9.59 Å². The highest BCUT2D eigenvalue weighted by molar-refractivity contribution is 6.23. The van der Waals surface area contributed by atoms with Gasteiger partial charge in [0.1, 0.15) is 6.04 Å². The van der Waals surface area contributed by atoms with Gasteiger partial charge in [0.05, 0.1) is 12.1 Å². The standard InChI is InChI=1S/C20H22N2O2/c1-12-7-5-9-16(14(12)3)21-17-11-19(23)22(20(17)24)18-10-6-8-13(2)15(18)4/h5-10,17,21H,11H2,1-4H3/t17-/m0/s1. The van der Waals surface area contributed by atoms with E-state index in [1.807, 2.05) is 64.1 Å². The third-order valence-electron chi connectivity index (χ3n) is 4.90. The lowest BCUT2D eigenvalue weighted by Gasteiger charge is -2.20. The molecule has 0 spiro atoms. The van der Waals surface area contributed by atoms with Crippen LogP contribution in [0.3, 0.4) is 0 Å². The zero-order chi connectivity index (χ0) is 17.4. The number of hydrogen-bond acceptors (Lipinski definition) is 3. The maximum absolute atomic E-state index is 12.8. The number of nitrogens with zero attached hydrogens (tertiary/aromatic N) is 1. The van der Waals surface area contributed by atoms with Gasteiger partial charge >= 0.3 is 0 Å². The summed E-state index contributed by atoms with van der Waals surface area (Å²) < 4.78 is 0. The van der Waals surface area contributed by atoms with Crippen LogP contribution in [-0.4, -0.2) is 17.9 Å². The minimum absolute atomic E-state index is 0.156. The van der Waals surface area contributed by atoms with Crippen LogP contribution in [0.15, 0.2) is 36.4 Å². The molecule has 24 heavy (non-hydrogen) atoms. The topological polar surface area (TPSA) is 49.4 Å². The second-order valence-corrected chi connectivity index (χ2v) is 6.43. The van der Waals surface area contributed by atoms with Crippen LogP contribution in [-0.2, 0) is 9.59 Å². The summed E-state index contributed by atoms with van der Waals surface area (Å²) in [7, 11) is 0. The van der Waals surface area contributed by atoms with Gasteiger partial charge in [-0.25, -0.2) is 4.90 Å². The minimum Gasteiger partial charge on any atom is -0.373 e. The fourth-order valence-corrected chi connectivity index (χ4v) is 3.07. The molecule has 124 valence electrons. The number of nitrogens with one attached hydrogen (secondary N) is 1. The Morgan fingerprint density at radius 3 is 2.25 bits per heavy atom. The van der Waals surface area contributed by atoms with Gasteiger partial charge in [0, 0.05) is 5.69 Å². The van der Waals surface area contributed by atoms with E-state index in [1.54, 1.807) is 0 Å². The number of rotatable bonds is 3. The lowest BCUT2D eigenvalue weighted by atomic mass is 10.1. The van der Waals surface area contributed by atoms with E-state index in [0.29, 0.717) is 5.69 Å². The zero-order valence-electron chi connectivity index (χ0n) is 14.5. The van der Waals surface area contributed by atoms with E-state index in [1.165, 1.54) is 4.90 Å². The number of anilines is 2. The SMILES string of the molecule is Cc1cccc(N[C@H]2CC(=O)N(c3cccc(C)c3C)C2=O)c1C. The Bertz CT molecular complexity index is 826. The van der Waals surface area contributed by atoms with E-state index in [-0.39, 0.29) is 18.2 Å². The first kappa shape index (κ1) is 16.2. The molecule has 2 aromatic carbocycles.